The fourth-order valence-corrected chi connectivity index (χ4v) is 2.11. The molecule has 0 fully saturated rings. The Morgan fingerprint density at radius 1 is 1.60 bits per heavy atom. The third-order valence-corrected chi connectivity index (χ3v) is 2.97. The van der Waals surface area contributed by atoms with E-state index in [2.05, 4.69) is 10.9 Å². The number of thiophene rings is 1. The summed E-state index contributed by atoms with van der Waals surface area (Å²) in [5, 5.41) is 1.97. The van der Waals surface area contributed by atoms with Crippen molar-refractivity contribution < 1.29 is 4.79 Å². The zero-order chi connectivity index (χ0) is 10.7. The standard InChI is InChI=1S/C12H9NOS/c1-2-3-4-11(14)9-7-12-10(13-8-9)5-6-15-12/h1,5-8H,3-4H2. The zero-order valence-electron chi connectivity index (χ0n) is 8.06. The van der Waals surface area contributed by atoms with Crippen LogP contribution in [0.2, 0.25) is 0 Å². The van der Waals surface area contributed by atoms with Crippen LogP contribution in [0.3, 0.4) is 0 Å². The summed E-state index contributed by atoms with van der Waals surface area (Å²) in [6, 6.07) is 3.82. The molecule has 0 N–H and O–H groups in total. The van der Waals surface area contributed by atoms with Crippen molar-refractivity contribution in [3.05, 3.63) is 29.3 Å². The van der Waals surface area contributed by atoms with E-state index in [1.165, 1.54) is 0 Å². The Bertz CT molecular complexity index is 536. The molecule has 0 amide bonds. The van der Waals surface area contributed by atoms with Crippen LogP contribution in [-0.2, 0) is 0 Å². The molecule has 0 aliphatic rings. The Labute approximate surface area is 92.0 Å². The zero-order valence-corrected chi connectivity index (χ0v) is 8.88. The predicted molar refractivity (Wildman–Crippen MR) is 62.0 cm³/mol. The summed E-state index contributed by atoms with van der Waals surface area (Å²) < 4.78 is 1.04. The van der Waals surface area contributed by atoms with Crippen LogP contribution in [0.25, 0.3) is 10.2 Å². The minimum Gasteiger partial charge on any atom is -0.294 e. The molecule has 2 rings (SSSR count). The maximum Gasteiger partial charge on any atom is 0.165 e. The van der Waals surface area contributed by atoms with Crippen LogP contribution >= 0.6 is 11.3 Å². The molecular formula is C12H9NOS. The minimum absolute atomic E-state index is 0.0655. The van der Waals surface area contributed by atoms with Crippen molar-refractivity contribution in [2.75, 3.05) is 0 Å². The molecule has 0 atom stereocenters. The molecule has 0 aliphatic heterocycles. The van der Waals surface area contributed by atoms with Crippen LogP contribution in [0.15, 0.2) is 23.7 Å². The first-order valence-corrected chi connectivity index (χ1v) is 5.49. The summed E-state index contributed by atoms with van der Waals surface area (Å²) in [5.74, 6) is 2.53. The number of fused-ring (bicyclic) bond motifs is 1. The van der Waals surface area contributed by atoms with Crippen LogP contribution in [0.4, 0.5) is 0 Å². The number of pyridine rings is 1. The van der Waals surface area contributed by atoms with Crippen LogP contribution in [-0.4, -0.2) is 10.8 Å². The van der Waals surface area contributed by atoms with E-state index >= 15 is 0 Å². The van der Waals surface area contributed by atoms with Crippen molar-refractivity contribution >= 4 is 27.3 Å². The number of carbonyl (C=O) groups excluding carboxylic acids is 1. The van der Waals surface area contributed by atoms with E-state index in [-0.39, 0.29) is 5.78 Å². The lowest BCUT2D eigenvalue weighted by molar-refractivity contribution is 0.0984. The Morgan fingerprint density at radius 3 is 3.27 bits per heavy atom. The molecule has 0 spiro atoms. The lowest BCUT2D eigenvalue weighted by Gasteiger charge is -1.97. The van der Waals surface area contributed by atoms with Crippen LogP contribution < -0.4 is 0 Å². The molecule has 2 aromatic heterocycles. The molecule has 2 aromatic rings. The number of rotatable bonds is 3. The number of hydrogen-bond acceptors (Lipinski definition) is 3. The molecule has 0 radical (unpaired) electrons. The molecule has 3 heteroatoms. The van der Waals surface area contributed by atoms with E-state index in [1.54, 1.807) is 17.5 Å². The first-order valence-electron chi connectivity index (χ1n) is 4.61. The monoisotopic (exact) mass is 215 g/mol. The number of ketones is 1. The van der Waals surface area contributed by atoms with Gasteiger partial charge in [0.05, 0.1) is 10.2 Å². The van der Waals surface area contributed by atoms with Gasteiger partial charge in [-0.3, -0.25) is 9.78 Å². The van der Waals surface area contributed by atoms with Crippen molar-refractivity contribution in [3.63, 3.8) is 0 Å². The second-order valence-corrected chi connectivity index (χ2v) is 4.10. The summed E-state index contributed by atoms with van der Waals surface area (Å²) in [4.78, 5) is 15.8. The van der Waals surface area contributed by atoms with E-state index in [0.717, 1.165) is 10.2 Å². The highest BCUT2D eigenvalue weighted by Gasteiger charge is 2.06. The molecule has 0 aliphatic carbocycles. The van der Waals surface area contributed by atoms with Gasteiger partial charge in [-0.2, -0.15) is 0 Å². The summed E-state index contributed by atoms with van der Waals surface area (Å²) in [7, 11) is 0. The van der Waals surface area contributed by atoms with Gasteiger partial charge in [-0.1, -0.05) is 0 Å². The highest BCUT2D eigenvalue weighted by molar-refractivity contribution is 7.17. The van der Waals surface area contributed by atoms with Crippen molar-refractivity contribution in [2.45, 2.75) is 12.8 Å². The Balaban J connectivity index is 2.28. The minimum atomic E-state index is 0.0655. The molecule has 0 saturated heterocycles. The van der Waals surface area contributed by atoms with Gasteiger partial charge < -0.3 is 0 Å². The lowest BCUT2D eigenvalue weighted by Crippen LogP contribution is -1.98. The molecular weight excluding hydrogens is 206 g/mol. The Morgan fingerprint density at radius 2 is 2.47 bits per heavy atom. The maximum atomic E-state index is 11.6. The van der Waals surface area contributed by atoms with Gasteiger partial charge in [-0.15, -0.1) is 23.7 Å². The van der Waals surface area contributed by atoms with E-state index in [9.17, 15) is 4.79 Å². The molecule has 0 aromatic carbocycles. The van der Waals surface area contributed by atoms with Gasteiger partial charge in [0, 0.05) is 24.6 Å². The van der Waals surface area contributed by atoms with Gasteiger partial charge in [0.15, 0.2) is 5.78 Å². The molecule has 0 unspecified atom stereocenters. The normalized spacial score (nSPS) is 10.1. The van der Waals surface area contributed by atoms with Gasteiger partial charge in [-0.25, -0.2) is 0 Å². The van der Waals surface area contributed by atoms with Crippen LogP contribution in [0, 0.1) is 12.3 Å². The number of nitrogens with zero attached hydrogens (tertiary/aromatic N) is 1. The van der Waals surface area contributed by atoms with Gasteiger partial charge >= 0.3 is 0 Å². The van der Waals surface area contributed by atoms with Gasteiger partial charge in [-0.05, 0) is 17.5 Å². The van der Waals surface area contributed by atoms with Crippen molar-refractivity contribution in [1.29, 1.82) is 0 Å². The van der Waals surface area contributed by atoms with Gasteiger partial charge in [0.25, 0.3) is 0 Å². The van der Waals surface area contributed by atoms with Gasteiger partial charge in [0.1, 0.15) is 0 Å². The third-order valence-electron chi connectivity index (χ3n) is 2.12. The van der Waals surface area contributed by atoms with Crippen LogP contribution in [0.1, 0.15) is 23.2 Å². The largest absolute Gasteiger partial charge is 0.294 e. The van der Waals surface area contributed by atoms with Crippen molar-refractivity contribution in [3.8, 4) is 12.3 Å². The van der Waals surface area contributed by atoms with E-state index in [4.69, 9.17) is 6.42 Å². The Hall–Kier alpha value is -1.66. The van der Waals surface area contributed by atoms with E-state index in [0.29, 0.717) is 18.4 Å². The number of Topliss-reactive ketones (excluding diaryl/α,β-unsaturated/α-hetero) is 1. The molecule has 0 bridgehead atoms. The lowest BCUT2D eigenvalue weighted by atomic mass is 10.1. The second kappa shape index (κ2) is 4.24. The summed E-state index contributed by atoms with van der Waals surface area (Å²) in [6.45, 7) is 0. The smallest absolute Gasteiger partial charge is 0.165 e. The molecule has 15 heavy (non-hydrogen) atoms. The number of terminal acetylenes is 1. The first-order chi connectivity index (χ1) is 7.31. The second-order valence-electron chi connectivity index (χ2n) is 3.16. The average molecular weight is 215 g/mol. The van der Waals surface area contributed by atoms with E-state index < -0.39 is 0 Å². The highest BCUT2D eigenvalue weighted by atomic mass is 32.1. The average Bonchev–Trinajstić information content (AvgIpc) is 2.72. The first kappa shape index (κ1) is 9.88. The number of hydrogen-bond donors (Lipinski definition) is 0. The summed E-state index contributed by atoms with van der Waals surface area (Å²) in [6.07, 6.45) is 7.62. The predicted octanol–water partition coefficient (Wildman–Crippen LogP) is 2.89. The number of carbonyl (C=O) groups is 1. The SMILES string of the molecule is C#CCCC(=O)c1cnc2ccsc2c1. The van der Waals surface area contributed by atoms with Gasteiger partial charge in [0.2, 0.25) is 0 Å². The van der Waals surface area contributed by atoms with Crippen molar-refractivity contribution in [2.24, 2.45) is 0 Å². The fraction of sp³-hybridized carbons (Fsp3) is 0.167. The Kier molecular flexibility index (Phi) is 2.79. The maximum absolute atomic E-state index is 11.6. The quantitative estimate of drug-likeness (QED) is 0.582. The molecule has 2 nitrogen and oxygen atoms in total. The summed E-state index contributed by atoms with van der Waals surface area (Å²) in [5.41, 5.74) is 1.59. The molecule has 2 heterocycles. The van der Waals surface area contributed by atoms with Crippen molar-refractivity contribution in [1.82, 2.24) is 4.98 Å². The van der Waals surface area contributed by atoms with E-state index in [1.807, 2.05) is 17.5 Å². The van der Waals surface area contributed by atoms with Crippen LogP contribution in [0.5, 0.6) is 0 Å². The molecule has 0 saturated carbocycles. The number of aromatic nitrogens is 1. The third kappa shape index (κ3) is 2.05. The highest BCUT2D eigenvalue weighted by Crippen LogP contribution is 2.20. The summed E-state index contributed by atoms with van der Waals surface area (Å²) >= 11 is 1.59. The fourth-order valence-electron chi connectivity index (χ4n) is 1.33. The topological polar surface area (TPSA) is 30.0 Å². The molecule has 74 valence electrons.